The van der Waals surface area contributed by atoms with Crippen molar-refractivity contribution in [2.24, 2.45) is 0 Å². The second-order valence-corrected chi connectivity index (χ2v) is 5.99. The van der Waals surface area contributed by atoms with Crippen LogP contribution in [0.5, 0.6) is 11.5 Å². The zero-order chi connectivity index (χ0) is 19.3. The summed E-state index contributed by atoms with van der Waals surface area (Å²) in [7, 11) is 1.61. The Morgan fingerprint density at radius 2 is 1.59 bits per heavy atom. The van der Waals surface area contributed by atoms with Crippen LogP contribution in [0.2, 0.25) is 0 Å². The lowest BCUT2D eigenvalue weighted by molar-refractivity contribution is -0.126. The number of carbonyl (C=O) groups excluding carboxylic acids is 2. The van der Waals surface area contributed by atoms with Gasteiger partial charge in [0.05, 0.1) is 20.3 Å². The fourth-order valence-corrected chi connectivity index (χ4v) is 2.42. The fraction of sp³-hybridized carbons (Fsp3) is 0.333. The second kappa shape index (κ2) is 11.6. The van der Waals surface area contributed by atoms with Gasteiger partial charge < -0.3 is 20.1 Å². The van der Waals surface area contributed by atoms with E-state index in [4.69, 9.17) is 9.47 Å². The van der Waals surface area contributed by atoms with E-state index in [0.29, 0.717) is 26.0 Å². The van der Waals surface area contributed by atoms with Crippen molar-refractivity contribution < 1.29 is 19.1 Å². The highest BCUT2D eigenvalue weighted by molar-refractivity contribution is 5.84. The highest BCUT2D eigenvalue weighted by Gasteiger charge is 2.05. The van der Waals surface area contributed by atoms with Crippen LogP contribution in [0.1, 0.15) is 18.4 Å². The average molecular weight is 370 g/mol. The highest BCUT2D eigenvalue weighted by Crippen LogP contribution is 2.17. The minimum Gasteiger partial charge on any atom is -0.497 e. The molecule has 0 aliphatic carbocycles. The summed E-state index contributed by atoms with van der Waals surface area (Å²) in [5, 5.41) is 5.42. The molecule has 0 heterocycles. The molecule has 2 aromatic rings. The molecule has 2 aromatic carbocycles. The van der Waals surface area contributed by atoms with Gasteiger partial charge in [-0.15, -0.1) is 0 Å². The van der Waals surface area contributed by atoms with Crippen LogP contribution in [0.25, 0.3) is 0 Å². The number of amides is 2. The maximum Gasteiger partial charge on any atom is 0.239 e. The molecule has 0 bridgehead atoms. The van der Waals surface area contributed by atoms with Gasteiger partial charge in [-0.3, -0.25) is 9.59 Å². The number of carbonyl (C=O) groups is 2. The molecule has 27 heavy (non-hydrogen) atoms. The van der Waals surface area contributed by atoms with Crippen LogP contribution in [0.4, 0.5) is 0 Å². The molecule has 0 unspecified atom stereocenters. The van der Waals surface area contributed by atoms with Crippen molar-refractivity contribution in [1.82, 2.24) is 10.6 Å². The van der Waals surface area contributed by atoms with Crippen molar-refractivity contribution in [3.63, 3.8) is 0 Å². The van der Waals surface area contributed by atoms with Gasteiger partial charge in [-0.05, 0) is 42.7 Å². The first-order valence-electron chi connectivity index (χ1n) is 9.01. The lowest BCUT2D eigenvalue weighted by Crippen LogP contribution is -2.37. The third-order valence-corrected chi connectivity index (χ3v) is 3.90. The van der Waals surface area contributed by atoms with Gasteiger partial charge in [-0.25, -0.2) is 0 Å². The van der Waals surface area contributed by atoms with Crippen molar-refractivity contribution in [1.29, 1.82) is 0 Å². The summed E-state index contributed by atoms with van der Waals surface area (Å²) in [5.41, 5.74) is 1.17. The first-order valence-corrected chi connectivity index (χ1v) is 9.01. The monoisotopic (exact) mass is 370 g/mol. The zero-order valence-electron chi connectivity index (χ0n) is 15.6. The number of rotatable bonds is 11. The van der Waals surface area contributed by atoms with E-state index in [0.717, 1.165) is 17.9 Å². The Morgan fingerprint density at radius 1 is 0.889 bits per heavy atom. The highest BCUT2D eigenvalue weighted by atomic mass is 16.5. The van der Waals surface area contributed by atoms with Crippen molar-refractivity contribution >= 4 is 11.8 Å². The molecular weight excluding hydrogens is 344 g/mol. The summed E-state index contributed by atoms with van der Waals surface area (Å²) in [6.07, 6.45) is 1.66. The number of hydrogen-bond donors (Lipinski definition) is 2. The molecule has 0 fully saturated rings. The number of methoxy groups -OCH3 is 1. The molecule has 0 saturated heterocycles. The van der Waals surface area contributed by atoms with Gasteiger partial charge in [-0.2, -0.15) is 0 Å². The second-order valence-electron chi connectivity index (χ2n) is 5.99. The molecule has 6 nitrogen and oxygen atoms in total. The molecule has 0 aromatic heterocycles. The molecule has 0 aliphatic heterocycles. The predicted molar refractivity (Wildman–Crippen MR) is 104 cm³/mol. The number of benzene rings is 2. The van der Waals surface area contributed by atoms with Gasteiger partial charge in [-0.1, -0.05) is 30.3 Å². The Bertz CT molecular complexity index is 702. The quantitative estimate of drug-likeness (QED) is 0.595. The van der Waals surface area contributed by atoms with Crippen LogP contribution in [-0.4, -0.2) is 38.6 Å². The van der Waals surface area contributed by atoms with Gasteiger partial charge >= 0.3 is 0 Å². The standard InChI is InChI=1S/C21H26N2O4/c1-26-18-9-11-19(12-10-18)27-15-5-8-20(24)23-16-21(25)22-14-13-17-6-3-2-4-7-17/h2-4,6-7,9-12H,5,8,13-16H2,1H3,(H,22,25)(H,23,24). The summed E-state index contributed by atoms with van der Waals surface area (Å²) in [6.45, 7) is 0.977. The SMILES string of the molecule is COc1ccc(OCCCC(=O)NCC(=O)NCCc2ccccc2)cc1. The summed E-state index contributed by atoms with van der Waals surface area (Å²) < 4.78 is 10.6. The zero-order valence-corrected chi connectivity index (χ0v) is 15.6. The predicted octanol–water partition coefficient (Wildman–Crippen LogP) is 2.33. The fourth-order valence-electron chi connectivity index (χ4n) is 2.42. The number of hydrogen-bond acceptors (Lipinski definition) is 4. The molecule has 2 N–H and O–H groups in total. The smallest absolute Gasteiger partial charge is 0.239 e. The van der Waals surface area contributed by atoms with E-state index >= 15 is 0 Å². The van der Waals surface area contributed by atoms with Gasteiger partial charge in [0.25, 0.3) is 0 Å². The minimum atomic E-state index is -0.186. The first kappa shape index (κ1) is 20.3. The Labute approximate surface area is 159 Å². The van der Waals surface area contributed by atoms with Crippen molar-refractivity contribution in [3.8, 4) is 11.5 Å². The Morgan fingerprint density at radius 3 is 2.30 bits per heavy atom. The third-order valence-electron chi connectivity index (χ3n) is 3.90. The van der Waals surface area contributed by atoms with Crippen LogP contribution in [0.15, 0.2) is 54.6 Å². The van der Waals surface area contributed by atoms with Crippen molar-refractivity contribution in [3.05, 3.63) is 60.2 Å². The van der Waals surface area contributed by atoms with Crippen LogP contribution in [-0.2, 0) is 16.0 Å². The Kier molecular flexibility index (Phi) is 8.69. The largest absolute Gasteiger partial charge is 0.497 e. The summed E-state index contributed by atoms with van der Waals surface area (Å²) in [5.74, 6) is 1.15. The first-order chi connectivity index (χ1) is 13.2. The summed E-state index contributed by atoms with van der Waals surface area (Å²) in [6, 6.07) is 17.2. The minimum absolute atomic E-state index is 0.00698. The molecular formula is C21H26N2O4. The van der Waals surface area contributed by atoms with Crippen LogP contribution < -0.4 is 20.1 Å². The lowest BCUT2D eigenvalue weighted by Gasteiger charge is -2.08. The normalized spacial score (nSPS) is 10.1. The molecule has 0 radical (unpaired) electrons. The molecule has 0 saturated carbocycles. The van der Waals surface area contributed by atoms with Crippen molar-refractivity contribution in [2.75, 3.05) is 26.8 Å². The van der Waals surface area contributed by atoms with Crippen LogP contribution >= 0.6 is 0 Å². The van der Waals surface area contributed by atoms with Gasteiger partial charge in [0, 0.05) is 13.0 Å². The van der Waals surface area contributed by atoms with E-state index in [1.807, 2.05) is 54.6 Å². The van der Waals surface area contributed by atoms with Crippen LogP contribution in [0, 0.1) is 0 Å². The summed E-state index contributed by atoms with van der Waals surface area (Å²) >= 11 is 0. The van der Waals surface area contributed by atoms with E-state index < -0.39 is 0 Å². The number of nitrogens with one attached hydrogen (secondary N) is 2. The van der Waals surface area contributed by atoms with Gasteiger partial charge in [0.2, 0.25) is 11.8 Å². The topological polar surface area (TPSA) is 76.7 Å². The molecule has 0 spiro atoms. The Hall–Kier alpha value is -3.02. The van der Waals surface area contributed by atoms with Gasteiger partial charge in [0.15, 0.2) is 0 Å². The van der Waals surface area contributed by atoms with E-state index in [2.05, 4.69) is 10.6 Å². The Balaban J connectivity index is 1.51. The third kappa shape index (κ3) is 8.27. The molecule has 2 rings (SSSR count). The molecule has 0 atom stereocenters. The molecule has 0 aliphatic rings. The van der Waals surface area contributed by atoms with Crippen LogP contribution in [0.3, 0.4) is 0 Å². The molecule has 6 heteroatoms. The number of ether oxygens (including phenoxy) is 2. The molecule has 2 amide bonds. The van der Waals surface area contributed by atoms with Crippen molar-refractivity contribution in [2.45, 2.75) is 19.3 Å². The van der Waals surface area contributed by atoms with E-state index in [9.17, 15) is 9.59 Å². The maximum absolute atomic E-state index is 11.8. The van der Waals surface area contributed by atoms with E-state index in [1.165, 1.54) is 5.56 Å². The molecule has 144 valence electrons. The van der Waals surface area contributed by atoms with E-state index in [1.54, 1.807) is 7.11 Å². The maximum atomic E-state index is 11.8. The lowest BCUT2D eigenvalue weighted by atomic mass is 10.1. The average Bonchev–Trinajstić information content (AvgIpc) is 2.71. The van der Waals surface area contributed by atoms with E-state index in [-0.39, 0.29) is 18.4 Å². The summed E-state index contributed by atoms with van der Waals surface area (Å²) in [4.78, 5) is 23.5. The van der Waals surface area contributed by atoms with Gasteiger partial charge in [0.1, 0.15) is 11.5 Å².